The quantitative estimate of drug-likeness (QED) is 0.893. The Balaban J connectivity index is 1.57. The number of rotatable bonds is 5. The number of halogens is 2. The molecule has 25 heavy (non-hydrogen) atoms. The first-order valence-electron chi connectivity index (χ1n) is 8.02. The smallest absolute Gasteiger partial charge is 0.273 e. The molecule has 1 N–H and O–H groups in total. The lowest BCUT2D eigenvalue weighted by molar-refractivity contribution is 0.0305. The predicted molar refractivity (Wildman–Crippen MR) is 84.9 cm³/mol. The van der Waals surface area contributed by atoms with E-state index in [0.717, 1.165) is 13.1 Å². The molecule has 1 saturated heterocycles. The molecular formula is C17H19F2N3O3. The summed E-state index contributed by atoms with van der Waals surface area (Å²) < 4.78 is 37.8. The molecule has 8 heteroatoms. The summed E-state index contributed by atoms with van der Waals surface area (Å²) in [5.74, 6) is -1.79. The van der Waals surface area contributed by atoms with Crippen LogP contribution in [-0.2, 0) is 17.8 Å². The number of hydrogen-bond acceptors (Lipinski definition) is 5. The minimum absolute atomic E-state index is 0.0773. The zero-order valence-corrected chi connectivity index (χ0v) is 13.8. The van der Waals surface area contributed by atoms with Crippen molar-refractivity contribution in [2.45, 2.75) is 20.0 Å². The van der Waals surface area contributed by atoms with E-state index in [9.17, 15) is 13.6 Å². The molecule has 1 fully saturated rings. The van der Waals surface area contributed by atoms with Gasteiger partial charge in [0.1, 0.15) is 0 Å². The Labute approximate surface area is 143 Å². The zero-order chi connectivity index (χ0) is 17.8. The van der Waals surface area contributed by atoms with Crippen LogP contribution in [0.15, 0.2) is 22.7 Å². The highest BCUT2D eigenvalue weighted by atomic mass is 19.2. The summed E-state index contributed by atoms with van der Waals surface area (Å²) in [6.45, 7) is 4.81. The SMILES string of the molecule is Cc1ccc(CNC(=O)c2cc(CN3CCOCC3)on2)c(F)c1F. The highest BCUT2D eigenvalue weighted by Gasteiger charge is 2.17. The molecule has 3 rings (SSSR count). The Bertz CT molecular complexity index is 758. The molecule has 0 aliphatic carbocycles. The number of aryl methyl sites for hydroxylation is 1. The number of aromatic nitrogens is 1. The van der Waals surface area contributed by atoms with Gasteiger partial charge in [0.15, 0.2) is 23.1 Å². The van der Waals surface area contributed by atoms with E-state index in [1.54, 1.807) is 6.07 Å². The summed E-state index contributed by atoms with van der Waals surface area (Å²) in [6, 6.07) is 4.47. The van der Waals surface area contributed by atoms with Crippen LogP contribution in [0.2, 0.25) is 0 Å². The minimum atomic E-state index is -0.951. The van der Waals surface area contributed by atoms with E-state index in [0.29, 0.717) is 25.5 Å². The van der Waals surface area contributed by atoms with E-state index in [-0.39, 0.29) is 23.4 Å². The van der Waals surface area contributed by atoms with Gasteiger partial charge in [-0.1, -0.05) is 17.3 Å². The van der Waals surface area contributed by atoms with Crippen molar-refractivity contribution in [3.05, 3.63) is 52.4 Å². The van der Waals surface area contributed by atoms with E-state index >= 15 is 0 Å². The van der Waals surface area contributed by atoms with Crippen LogP contribution < -0.4 is 5.32 Å². The molecule has 1 aromatic carbocycles. The Morgan fingerprint density at radius 3 is 2.80 bits per heavy atom. The van der Waals surface area contributed by atoms with Crippen LogP contribution in [0.5, 0.6) is 0 Å². The fourth-order valence-electron chi connectivity index (χ4n) is 2.56. The number of ether oxygens (including phenoxy) is 1. The lowest BCUT2D eigenvalue weighted by Gasteiger charge is -2.25. The molecule has 1 aliphatic rings. The number of hydrogen-bond donors (Lipinski definition) is 1. The van der Waals surface area contributed by atoms with E-state index in [1.807, 2.05) is 0 Å². The Kier molecular flexibility index (Phi) is 5.40. The molecule has 6 nitrogen and oxygen atoms in total. The summed E-state index contributed by atoms with van der Waals surface area (Å²) in [5, 5.41) is 6.25. The molecule has 0 bridgehead atoms. The molecule has 1 aliphatic heterocycles. The van der Waals surface area contributed by atoms with Crippen LogP contribution in [0, 0.1) is 18.6 Å². The van der Waals surface area contributed by atoms with Crippen molar-refractivity contribution in [3.8, 4) is 0 Å². The first kappa shape index (κ1) is 17.5. The maximum atomic E-state index is 13.8. The minimum Gasteiger partial charge on any atom is -0.379 e. The monoisotopic (exact) mass is 351 g/mol. The fourth-order valence-corrected chi connectivity index (χ4v) is 2.56. The lowest BCUT2D eigenvalue weighted by Crippen LogP contribution is -2.35. The van der Waals surface area contributed by atoms with Crippen LogP contribution in [0.25, 0.3) is 0 Å². The van der Waals surface area contributed by atoms with Gasteiger partial charge in [-0.2, -0.15) is 0 Å². The van der Waals surface area contributed by atoms with Crippen molar-refractivity contribution in [2.24, 2.45) is 0 Å². The number of benzene rings is 1. The van der Waals surface area contributed by atoms with Gasteiger partial charge < -0.3 is 14.6 Å². The number of nitrogens with one attached hydrogen (secondary N) is 1. The van der Waals surface area contributed by atoms with Gasteiger partial charge in [-0.15, -0.1) is 0 Å². The molecule has 0 saturated carbocycles. The highest BCUT2D eigenvalue weighted by Crippen LogP contribution is 2.16. The van der Waals surface area contributed by atoms with E-state index in [1.165, 1.54) is 19.1 Å². The molecule has 2 heterocycles. The summed E-state index contributed by atoms with van der Waals surface area (Å²) in [7, 11) is 0. The van der Waals surface area contributed by atoms with E-state index in [4.69, 9.17) is 9.26 Å². The fraction of sp³-hybridized carbons (Fsp3) is 0.412. The van der Waals surface area contributed by atoms with Gasteiger partial charge in [0, 0.05) is 31.3 Å². The molecule has 0 spiro atoms. The van der Waals surface area contributed by atoms with Crippen LogP contribution >= 0.6 is 0 Å². The normalized spacial score (nSPS) is 15.3. The van der Waals surface area contributed by atoms with Crippen LogP contribution in [0.4, 0.5) is 8.78 Å². The van der Waals surface area contributed by atoms with Gasteiger partial charge in [0.2, 0.25) is 0 Å². The average Bonchev–Trinajstić information content (AvgIpc) is 3.08. The van der Waals surface area contributed by atoms with Gasteiger partial charge in [-0.05, 0) is 12.5 Å². The second kappa shape index (κ2) is 7.71. The van der Waals surface area contributed by atoms with Crippen molar-refractivity contribution < 1.29 is 22.8 Å². The molecule has 0 radical (unpaired) electrons. The van der Waals surface area contributed by atoms with Gasteiger partial charge in [-0.3, -0.25) is 9.69 Å². The summed E-state index contributed by atoms with van der Waals surface area (Å²) in [6.07, 6.45) is 0. The standard InChI is InChI=1S/C17H19F2N3O3/c1-11-2-3-12(16(19)15(11)18)9-20-17(23)14-8-13(25-21-14)10-22-4-6-24-7-5-22/h2-3,8H,4-7,9-10H2,1H3,(H,20,23). The molecule has 2 aromatic rings. The summed E-state index contributed by atoms with van der Waals surface area (Å²) in [4.78, 5) is 14.2. The molecule has 1 aromatic heterocycles. The number of morpholine rings is 1. The maximum Gasteiger partial charge on any atom is 0.273 e. The number of nitrogens with zero attached hydrogens (tertiary/aromatic N) is 2. The average molecular weight is 351 g/mol. The number of carbonyl (C=O) groups excluding carboxylic acids is 1. The summed E-state index contributed by atoms with van der Waals surface area (Å²) in [5.41, 5.74) is 0.404. The molecule has 0 unspecified atom stereocenters. The van der Waals surface area contributed by atoms with Gasteiger partial charge in [0.05, 0.1) is 19.8 Å². The largest absolute Gasteiger partial charge is 0.379 e. The second-order valence-corrected chi connectivity index (χ2v) is 5.92. The Morgan fingerprint density at radius 2 is 2.04 bits per heavy atom. The van der Waals surface area contributed by atoms with Crippen LogP contribution in [-0.4, -0.2) is 42.3 Å². The van der Waals surface area contributed by atoms with E-state index in [2.05, 4.69) is 15.4 Å². The Hall–Kier alpha value is -2.32. The topological polar surface area (TPSA) is 67.6 Å². The van der Waals surface area contributed by atoms with Crippen molar-refractivity contribution in [3.63, 3.8) is 0 Å². The van der Waals surface area contributed by atoms with Gasteiger partial charge >= 0.3 is 0 Å². The predicted octanol–water partition coefficient (Wildman–Crippen LogP) is 2.02. The maximum absolute atomic E-state index is 13.8. The number of carbonyl (C=O) groups is 1. The Morgan fingerprint density at radius 1 is 1.28 bits per heavy atom. The van der Waals surface area contributed by atoms with Gasteiger partial charge in [-0.25, -0.2) is 8.78 Å². The third-order valence-corrected chi connectivity index (χ3v) is 4.07. The molecular weight excluding hydrogens is 332 g/mol. The molecule has 0 atom stereocenters. The lowest BCUT2D eigenvalue weighted by atomic mass is 10.1. The van der Waals surface area contributed by atoms with Gasteiger partial charge in [0.25, 0.3) is 5.91 Å². The third kappa shape index (κ3) is 4.21. The van der Waals surface area contributed by atoms with E-state index < -0.39 is 17.5 Å². The van der Waals surface area contributed by atoms with Crippen molar-refractivity contribution in [1.82, 2.24) is 15.4 Å². The third-order valence-electron chi connectivity index (χ3n) is 4.07. The molecule has 1 amide bonds. The zero-order valence-electron chi connectivity index (χ0n) is 13.8. The summed E-state index contributed by atoms with van der Waals surface area (Å²) >= 11 is 0. The first-order valence-corrected chi connectivity index (χ1v) is 8.02. The van der Waals surface area contributed by atoms with Crippen molar-refractivity contribution >= 4 is 5.91 Å². The van der Waals surface area contributed by atoms with Crippen LogP contribution in [0.3, 0.4) is 0 Å². The van der Waals surface area contributed by atoms with Crippen molar-refractivity contribution in [1.29, 1.82) is 0 Å². The molecule has 134 valence electrons. The van der Waals surface area contributed by atoms with Crippen LogP contribution in [0.1, 0.15) is 27.4 Å². The highest BCUT2D eigenvalue weighted by molar-refractivity contribution is 5.92. The first-order chi connectivity index (χ1) is 12.0. The number of amides is 1. The van der Waals surface area contributed by atoms with Crippen molar-refractivity contribution in [2.75, 3.05) is 26.3 Å². The second-order valence-electron chi connectivity index (χ2n) is 5.92.